The average molecular weight is 412 g/mol. The Bertz CT molecular complexity index is 904. The van der Waals surface area contributed by atoms with E-state index >= 15 is 0 Å². The normalized spacial score (nSPS) is 18.1. The van der Waals surface area contributed by atoms with Crippen molar-refractivity contribution in [1.82, 2.24) is 9.97 Å². The molecule has 1 amide bonds. The second kappa shape index (κ2) is 7.84. The van der Waals surface area contributed by atoms with Crippen molar-refractivity contribution in [2.45, 2.75) is 39.0 Å². The van der Waals surface area contributed by atoms with E-state index < -0.39 is 29.7 Å². The van der Waals surface area contributed by atoms with Gasteiger partial charge in [0, 0.05) is 11.8 Å². The largest absolute Gasteiger partial charge is 0.447 e. The maximum absolute atomic E-state index is 14.2. The Balaban J connectivity index is 1.81. The smallest absolute Gasteiger partial charge is 0.416 e. The van der Waals surface area contributed by atoms with Crippen molar-refractivity contribution in [3.63, 3.8) is 0 Å². The molecule has 10 heteroatoms. The monoisotopic (exact) mass is 412 g/mol. The molecule has 1 unspecified atom stereocenters. The number of benzene rings is 1. The fraction of sp³-hybridized carbons (Fsp3) is 0.421. The Hall–Kier alpha value is -2.91. The SMILES string of the molecule is CC(C)C1COC(=O)N1c1ccnc(N[C@@H](C)c2ccc(C(F)(F)F)cc2F)n1. The third-order valence-corrected chi connectivity index (χ3v) is 4.70. The molecule has 1 fully saturated rings. The van der Waals surface area contributed by atoms with Crippen LogP contribution in [-0.4, -0.2) is 28.7 Å². The number of anilines is 2. The molecule has 29 heavy (non-hydrogen) atoms. The number of aromatic nitrogens is 2. The lowest BCUT2D eigenvalue weighted by atomic mass is 10.0. The highest BCUT2D eigenvalue weighted by Crippen LogP contribution is 2.32. The van der Waals surface area contributed by atoms with Crippen molar-refractivity contribution < 1.29 is 27.1 Å². The fourth-order valence-corrected chi connectivity index (χ4v) is 3.07. The van der Waals surface area contributed by atoms with Gasteiger partial charge in [-0.15, -0.1) is 0 Å². The Kier molecular flexibility index (Phi) is 5.63. The van der Waals surface area contributed by atoms with Gasteiger partial charge in [-0.2, -0.15) is 18.2 Å². The molecule has 0 saturated carbocycles. The lowest BCUT2D eigenvalue weighted by Crippen LogP contribution is -2.37. The minimum Gasteiger partial charge on any atom is -0.447 e. The summed E-state index contributed by atoms with van der Waals surface area (Å²) in [5.74, 6) is -0.424. The van der Waals surface area contributed by atoms with Gasteiger partial charge in [0.2, 0.25) is 5.95 Å². The van der Waals surface area contributed by atoms with Gasteiger partial charge >= 0.3 is 12.3 Å². The molecule has 0 spiro atoms. The lowest BCUT2D eigenvalue weighted by Gasteiger charge is -2.24. The number of carbonyl (C=O) groups is 1. The number of nitrogens with zero attached hydrogens (tertiary/aromatic N) is 3. The van der Waals surface area contributed by atoms with Crippen molar-refractivity contribution in [2.75, 3.05) is 16.8 Å². The number of amides is 1. The van der Waals surface area contributed by atoms with Crippen molar-refractivity contribution in [2.24, 2.45) is 5.92 Å². The van der Waals surface area contributed by atoms with Crippen LogP contribution in [0, 0.1) is 11.7 Å². The Morgan fingerprint density at radius 3 is 2.59 bits per heavy atom. The Morgan fingerprint density at radius 2 is 1.97 bits per heavy atom. The van der Waals surface area contributed by atoms with Gasteiger partial charge in [-0.05, 0) is 31.0 Å². The second-order valence-corrected chi connectivity index (χ2v) is 7.10. The van der Waals surface area contributed by atoms with Gasteiger partial charge in [0.15, 0.2) is 0 Å². The van der Waals surface area contributed by atoms with Crippen LogP contribution in [0.25, 0.3) is 0 Å². The van der Waals surface area contributed by atoms with Crippen LogP contribution in [0.15, 0.2) is 30.5 Å². The van der Waals surface area contributed by atoms with Gasteiger partial charge in [-0.1, -0.05) is 19.9 Å². The van der Waals surface area contributed by atoms with Crippen LogP contribution in [0.3, 0.4) is 0 Å². The van der Waals surface area contributed by atoms with Crippen LogP contribution in [-0.2, 0) is 10.9 Å². The van der Waals surface area contributed by atoms with Crippen molar-refractivity contribution in [1.29, 1.82) is 0 Å². The van der Waals surface area contributed by atoms with Crippen LogP contribution in [0.2, 0.25) is 0 Å². The number of alkyl halides is 3. The van der Waals surface area contributed by atoms with Crippen molar-refractivity contribution >= 4 is 17.9 Å². The molecule has 1 N–H and O–H groups in total. The molecular weight excluding hydrogens is 392 g/mol. The number of cyclic esters (lactones) is 1. The van der Waals surface area contributed by atoms with E-state index in [2.05, 4.69) is 15.3 Å². The summed E-state index contributed by atoms with van der Waals surface area (Å²) < 4.78 is 57.4. The van der Waals surface area contributed by atoms with Crippen molar-refractivity contribution in [3.05, 3.63) is 47.4 Å². The minimum absolute atomic E-state index is 0.0349. The van der Waals surface area contributed by atoms with Gasteiger partial charge in [0.1, 0.15) is 18.2 Å². The molecule has 1 aliphatic rings. The topological polar surface area (TPSA) is 67.3 Å². The first-order valence-electron chi connectivity index (χ1n) is 9.00. The van der Waals surface area contributed by atoms with Gasteiger partial charge in [-0.25, -0.2) is 14.2 Å². The van der Waals surface area contributed by atoms with Crippen LogP contribution in [0.4, 0.5) is 34.1 Å². The fourth-order valence-electron chi connectivity index (χ4n) is 3.07. The predicted molar refractivity (Wildman–Crippen MR) is 97.9 cm³/mol. The number of nitrogens with one attached hydrogen (secondary N) is 1. The summed E-state index contributed by atoms with van der Waals surface area (Å²) in [5, 5.41) is 2.86. The molecule has 0 aliphatic carbocycles. The van der Waals surface area contributed by atoms with Crippen LogP contribution in [0.1, 0.15) is 37.9 Å². The highest BCUT2D eigenvalue weighted by atomic mass is 19.4. The molecule has 1 aromatic heterocycles. The molecule has 1 aromatic carbocycles. The molecule has 2 heterocycles. The summed E-state index contributed by atoms with van der Waals surface area (Å²) in [6.45, 7) is 5.73. The Labute approximate surface area is 164 Å². The standard InChI is InChI=1S/C19H20F4N4O2/c1-10(2)15-9-29-18(28)27(15)16-6-7-24-17(26-16)25-11(3)13-5-4-12(8-14(13)20)19(21,22)23/h4-8,10-11,15H,9H2,1-3H3,(H,24,25,26)/t11-,15?/m0/s1. The summed E-state index contributed by atoms with van der Waals surface area (Å²) in [4.78, 5) is 21.9. The number of hydrogen-bond acceptors (Lipinski definition) is 5. The summed E-state index contributed by atoms with van der Waals surface area (Å²) in [7, 11) is 0. The van der Waals surface area contributed by atoms with E-state index in [0.29, 0.717) is 11.9 Å². The van der Waals surface area contributed by atoms with Crippen molar-refractivity contribution in [3.8, 4) is 0 Å². The zero-order valence-electron chi connectivity index (χ0n) is 16.0. The summed E-state index contributed by atoms with van der Waals surface area (Å²) in [6.07, 6.45) is -3.70. The molecule has 1 aliphatic heterocycles. The molecule has 0 bridgehead atoms. The number of rotatable bonds is 5. The molecule has 6 nitrogen and oxygen atoms in total. The quantitative estimate of drug-likeness (QED) is 0.716. The number of halogens is 4. The average Bonchev–Trinajstić information content (AvgIpc) is 3.02. The third kappa shape index (κ3) is 4.41. The zero-order valence-corrected chi connectivity index (χ0v) is 16.0. The maximum Gasteiger partial charge on any atom is 0.416 e. The summed E-state index contributed by atoms with van der Waals surface area (Å²) >= 11 is 0. The highest BCUT2D eigenvalue weighted by molar-refractivity contribution is 5.89. The van der Waals surface area contributed by atoms with E-state index in [1.165, 1.54) is 11.1 Å². The number of ether oxygens (including phenoxy) is 1. The van der Waals surface area contributed by atoms with E-state index in [9.17, 15) is 22.4 Å². The first kappa shape index (κ1) is 20.8. The Morgan fingerprint density at radius 1 is 1.24 bits per heavy atom. The molecule has 2 aromatic rings. The summed E-state index contributed by atoms with van der Waals surface area (Å²) in [6, 6.07) is 3.01. The zero-order chi connectivity index (χ0) is 21.3. The van der Waals surface area contributed by atoms with Gasteiger partial charge < -0.3 is 10.1 Å². The molecular formula is C19H20F4N4O2. The van der Waals surface area contributed by atoms with Crippen LogP contribution < -0.4 is 10.2 Å². The van der Waals surface area contributed by atoms with E-state index in [1.54, 1.807) is 13.0 Å². The lowest BCUT2D eigenvalue weighted by molar-refractivity contribution is -0.137. The van der Waals surface area contributed by atoms with E-state index in [4.69, 9.17) is 4.74 Å². The summed E-state index contributed by atoms with van der Waals surface area (Å²) in [5.41, 5.74) is -1.02. The molecule has 1 saturated heterocycles. The van der Waals surface area contributed by atoms with Gasteiger partial charge in [0.25, 0.3) is 0 Å². The van der Waals surface area contributed by atoms with E-state index in [-0.39, 0.29) is 30.1 Å². The first-order valence-corrected chi connectivity index (χ1v) is 9.00. The minimum atomic E-state index is -4.62. The molecule has 0 radical (unpaired) electrons. The number of hydrogen-bond donors (Lipinski definition) is 1. The van der Waals surface area contributed by atoms with E-state index in [1.807, 2.05) is 13.8 Å². The van der Waals surface area contributed by atoms with Gasteiger partial charge in [0.05, 0.1) is 17.6 Å². The first-order chi connectivity index (χ1) is 13.6. The molecule has 156 valence electrons. The second-order valence-electron chi connectivity index (χ2n) is 7.10. The molecule has 3 rings (SSSR count). The van der Waals surface area contributed by atoms with Crippen LogP contribution in [0.5, 0.6) is 0 Å². The van der Waals surface area contributed by atoms with Crippen LogP contribution >= 0.6 is 0 Å². The van der Waals surface area contributed by atoms with E-state index in [0.717, 1.165) is 12.1 Å². The third-order valence-electron chi connectivity index (χ3n) is 4.70. The maximum atomic E-state index is 14.2. The predicted octanol–water partition coefficient (Wildman–Crippen LogP) is 4.79. The van der Waals surface area contributed by atoms with Gasteiger partial charge in [-0.3, -0.25) is 4.90 Å². The molecule has 2 atom stereocenters. The number of carbonyl (C=O) groups excluding carboxylic acids is 1. The highest BCUT2D eigenvalue weighted by Gasteiger charge is 2.37.